The molecule has 1 rings (SSSR count). The number of carbonyl (C=O) groups is 1. The minimum atomic E-state index is -0.913. The molecule has 0 aliphatic heterocycles. The third-order valence-electron chi connectivity index (χ3n) is 3.01. The van der Waals surface area contributed by atoms with Crippen LogP contribution in [-0.4, -0.2) is 5.97 Å². The van der Waals surface area contributed by atoms with Crippen LogP contribution in [0.4, 0.5) is 0 Å². The molecule has 0 N–H and O–H groups in total. The Bertz CT molecular complexity index is 190. The Labute approximate surface area is 79.6 Å². The number of hydrogen-bond donors (Lipinski definition) is 0. The average Bonchev–Trinajstić information content (AvgIpc) is 2.04. The SMILES string of the molecule is C=CCC1(CC(=O)[O-])CCCCC1. The number of rotatable bonds is 4. The van der Waals surface area contributed by atoms with Crippen LogP contribution in [0, 0.1) is 5.41 Å². The van der Waals surface area contributed by atoms with Crippen molar-refractivity contribution in [2.45, 2.75) is 44.9 Å². The van der Waals surface area contributed by atoms with Gasteiger partial charge >= 0.3 is 0 Å². The Morgan fingerprint density at radius 1 is 1.38 bits per heavy atom. The van der Waals surface area contributed by atoms with Crippen molar-refractivity contribution in [2.24, 2.45) is 5.41 Å². The quantitative estimate of drug-likeness (QED) is 0.619. The fourth-order valence-electron chi connectivity index (χ4n) is 2.37. The first kappa shape index (κ1) is 10.3. The summed E-state index contributed by atoms with van der Waals surface area (Å²) < 4.78 is 0. The molecule has 2 heteroatoms. The van der Waals surface area contributed by atoms with E-state index in [2.05, 4.69) is 6.58 Å². The zero-order chi connectivity index (χ0) is 9.73. The summed E-state index contributed by atoms with van der Waals surface area (Å²) in [4.78, 5) is 10.6. The highest BCUT2D eigenvalue weighted by molar-refractivity contribution is 5.65. The highest BCUT2D eigenvalue weighted by atomic mass is 16.4. The molecule has 0 heterocycles. The number of carbonyl (C=O) groups excluding carboxylic acids is 1. The van der Waals surface area contributed by atoms with Crippen molar-refractivity contribution in [1.82, 2.24) is 0 Å². The van der Waals surface area contributed by atoms with Crippen LogP contribution in [-0.2, 0) is 4.79 Å². The molecule has 0 unspecified atom stereocenters. The van der Waals surface area contributed by atoms with Crippen molar-refractivity contribution >= 4 is 5.97 Å². The molecule has 0 spiro atoms. The molecule has 1 saturated carbocycles. The van der Waals surface area contributed by atoms with E-state index < -0.39 is 5.97 Å². The first-order valence-corrected chi connectivity index (χ1v) is 4.99. The first-order chi connectivity index (χ1) is 6.18. The molecule has 1 fully saturated rings. The molecule has 0 amide bonds. The van der Waals surface area contributed by atoms with Crippen molar-refractivity contribution in [2.75, 3.05) is 0 Å². The van der Waals surface area contributed by atoms with Gasteiger partial charge in [-0.05, 0) is 31.1 Å². The van der Waals surface area contributed by atoms with Crippen LogP contribution in [0.1, 0.15) is 44.9 Å². The monoisotopic (exact) mass is 181 g/mol. The standard InChI is InChI=1S/C11H18O2/c1-2-6-11(9-10(12)13)7-4-3-5-8-11/h2H,1,3-9H2,(H,12,13)/p-1. The van der Waals surface area contributed by atoms with Gasteiger partial charge in [-0.1, -0.05) is 25.3 Å². The van der Waals surface area contributed by atoms with Gasteiger partial charge in [-0.3, -0.25) is 0 Å². The van der Waals surface area contributed by atoms with Crippen molar-refractivity contribution in [3.8, 4) is 0 Å². The van der Waals surface area contributed by atoms with E-state index in [0.717, 1.165) is 32.1 Å². The lowest BCUT2D eigenvalue weighted by Crippen LogP contribution is -2.33. The van der Waals surface area contributed by atoms with Gasteiger partial charge in [0.15, 0.2) is 0 Å². The summed E-state index contributed by atoms with van der Waals surface area (Å²) in [6, 6.07) is 0. The largest absolute Gasteiger partial charge is 0.550 e. The van der Waals surface area contributed by atoms with Crippen LogP contribution < -0.4 is 5.11 Å². The second-order valence-corrected chi connectivity index (χ2v) is 4.10. The molecule has 2 nitrogen and oxygen atoms in total. The Hall–Kier alpha value is -0.790. The van der Waals surface area contributed by atoms with Crippen LogP contribution >= 0.6 is 0 Å². The third kappa shape index (κ3) is 2.87. The predicted molar refractivity (Wildman–Crippen MR) is 50.0 cm³/mol. The van der Waals surface area contributed by atoms with Crippen LogP contribution in [0.5, 0.6) is 0 Å². The van der Waals surface area contributed by atoms with Gasteiger partial charge in [0.25, 0.3) is 0 Å². The van der Waals surface area contributed by atoms with E-state index in [1.807, 2.05) is 6.08 Å². The number of carboxylic acids is 1. The van der Waals surface area contributed by atoms with E-state index in [4.69, 9.17) is 0 Å². The molecule has 0 atom stereocenters. The predicted octanol–water partition coefficient (Wildman–Crippen LogP) is 1.65. The van der Waals surface area contributed by atoms with Crippen LogP contribution in [0.3, 0.4) is 0 Å². The van der Waals surface area contributed by atoms with E-state index in [0.29, 0.717) is 0 Å². The zero-order valence-electron chi connectivity index (χ0n) is 8.05. The minimum absolute atomic E-state index is 0.0289. The molecule has 0 bridgehead atoms. The van der Waals surface area contributed by atoms with Crippen molar-refractivity contribution < 1.29 is 9.90 Å². The summed E-state index contributed by atoms with van der Waals surface area (Å²) in [5, 5.41) is 10.6. The third-order valence-corrected chi connectivity index (χ3v) is 3.01. The number of allylic oxidation sites excluding steroid dienone is 1. The van der Waals surface area contributed by atoms with Crippen LogP contribution in [0.2, 0.25) is 0 Å². The Morgan fingerprint density at radius 2 is 2.00 bits per heavy atom. The van der Waals surface area contributed by atoms with Crippen molar-refractivity contribution in [3.05, 3.63) is 12.7 Å². The smallest absolute Gasteiger partial charge is 0.0419 e. The lowest BCUT2D eigenvalue weighted by molar-refractivity contribution is -0.308. The topological polar surface area (TPSA) is 40.1 Å². The lowest BCUT2D eigenvalue weighted by Gasteiger charge is -2.37. The number of carboxylic acid groups (broad SMARTS) is 1. The molecule has 1 aliphatic rings. The molecular weight excluding hydrogens is 164 g/mol. The van der Waals surface area contributed by atoms with Gasteiger partial charge in [-0.25, -0.2) is 0 Å². The molecule has 13 heavy (non-hydrogen) atoms. The van der Waals surface area contributed by atoms with Gasteiger partial charge < -0.3 is 9.90 Å². The average molecular weight is 181 g/mol. The second kappa shape index (κ2) is 4.45. The fraction of sp³-hybridized carbons (Fsp3) is 0.727. The highest BCUT2D eigenvalue weighted by Gasteiger charge is 2.30. The summed E-state index contributed by atoms with van der Waals surface area (Å²) in [5.41, 5.74) is -0.0289. The summed E-state index contributed by atoms with van der Waals surface area (Å²) in [7, 11) is 0. The number of aliphatic carboxylic acids is 1. The minimum Gasteiger partial charge on any atom is -0.550 e. The van der Waals surface area contributed by atoms with E-state index in [1.165, 1.54) is 6.42 Å². The van der Waals surface area contributed by atoms with Crippen molar-refractivity contribution in [3.63, 3.8) is 0 Å². The maximum absolute atomic E-state index is 10.6. The molecule has 0 aromatic rings. The highest BCUT2D eigenvalue weighted by Crippen LogP contribution is 2.42. The normalized spacial score (nSPS) is 20.9. The molecule has 0 aromatic carbocycles. The second-order valence-electron chi connectivity index (χ2n) is 4.10. The van der Waals surface area contributed by atoms with Crippen molar-refractivity contribution in [1.29, 1.82) is 0 Å². The summed E-state index contributed by atoms with van der Waals surface area (Å²) in [6.07, 6.45) is 8.46. The van der Waals surface area contributed by atoms with E-state index in [1.54, 1.807) is 0 Å². The fourth-order valence-corrected chi connectivity index (χ4v) is 2.37. The van der Waals surface area contributed by atoms with Gasteiger partial charge in [0.05, 0.1) is 0 Å². The van der Waals surface area contributed by atoms with Gasteiger partial charge in [0.1, 0.15) is 0 Å². The lowest BCUT2D eigenvalue weighted by atomic mass is 9.70. The van der Waals surface area contributed by atoms with E-state index >= 15 is 0 Å². The number of hydrogen-bond acceptors (Lipinski definition) is 2. The van der Waals surface area contributed by atoms with Gasteiger partial charge in [-0.15, -0.1) is 6.58 Å². The maximum atomic E-state index is 10.6. The Balaban J connectivity index is 2.60. The molecule has 1 aliphatic carbocycles. The van der Waals surface area contributed by atoms with Gasteiger partial charge in [0, 0.05) is 5.97 Å². The summed E-state index contributed by atoms with van der Waals surface area (Å²) in [6.45, 7) is 3.69. The molecular formula is C11H17O2-. The Morgan fingerprint density at radius 3 is 2.46 bits per heavy atom. The summed E-state index contributed by atoms with van der Waals surface area (Å²) >= 11 is 0. The van der Waals surface area contributed by atoms with Crippen LogP contribution in [0.15, 0.2) is 12.7 Å². The molecule has 0 radical (unpaired) electrons. The van der Waals surface area contributed by atoms with Crippen LogP contribution in [0.25, 0.3) is 0 Å². The van der Waals surface area contributed by atoms with Gasteiger partial charge in [-0.2, -0.15) is 0 Å². The zero-order valence-corrected chi connectivity index (χ0v) is 8.05. The van der Waals surface area contributed by atoms with Gasteiger partial charge in [0.2, 0.25) is 0 Å². The maximum Gasteiger partial charge on any atom is 0.0419 e. The molecule has 0 aromatic heterocycles. The summed E-state index contributed by atoms with van der Waals surface area (Å²) in [5.74, 6) is -0.913. The molecule has 0 saturated heterocycles. The Kier molecular flexibility index (Phi) is 3.52. The first-order valence-electron chi connectivity index (χ1n) is 4.99. The molecule has 74 valence electrons. The van der Waals surface area contributed by atoms with E-state index in [9.17, 15) is 9.90 Å². The van der Waals surface area contributed by atoms with E-state index in [-0.39, 0.29) is 11.8 Å².